The lowest BCUT2D eigenvalue weighted by Gasteiger charge is -2.40. The van der Waals surface area contributed by atoms with Crippen LogP contribution < -0.4 is 10.6 Å². The molecule has 6 nitrogen and oxygen atoms in total. The fourth-order valence-electron chi connectivity index (χ4n) is 5.60. The Morgan fingerprint density at radius 3 is 2.69 bits per heavy atom. The van der Waals surface area contributed by atoms with Gasteiger partial charge in [-0.05, 0) is 68.8 Å². The SMILES string of the molecule is Cc1nc(N2CCC3(CC[C@H](CC4CC4)C3)CC2)c(CO)nc1Sc1ccnc(N)c1Cl. The topological polar surface area (TPSA) is 88.2 Å². The molecule has 2 saturated carbocycles. The number of hydrogen-bond donors (Lipinski definition) is 2. The van der Waals surface area contributed by atoms with E-state index in [0.717, 1.165) is 46.4 Å². The molecule has 2 aromatic heterocycles. The first kappa shape index (κ1) is 22.2. The molecule has 3 N–H and O–H groups in total. The van der Waals surface area contributed by atoms with Crippen LogP contribution in [0.5, 0.6) is 0 Å². The second-order valence-corrected chi connectivity index (χ2v) is 11.3. The lowest BCUT2D eigenvalue weighted by atomic mass is 9.76. The summed E-state index contributed by atoms with van der Waals surface area (Å²) >= 11 is 7.72. The number of halogens is 1. The van der Waals surface area contributed by atoms with E-state index < -0.39 is 0 Å². The normalized spacial score (nSPS) is 22.6. The van der Waals surface area contributed by atoms with Crippen LogP contribution in [0, 0.1) is 24.2 Å². The van der Waals surface area contributed by atoms with E-state index in [-0.39, 0.29) is 6.61 Å². The molecular formula is C24H32ClN5OS. The minimum absolute atomic E-state index is 0.131. The van der Waals surface area contributed by atoms with Crippen molar-refractivity contribution in [1.29, 1.82) is 0 Å². The molecule has 2 aromatic rings. The molecule has 1 spiro atoms. The van der Waals surface area contributed by atoms with Crippen molar-refractivity contribution >= 4 is 35.0 Å². The number of nitrogen functional groups attached to an aromatic ring is 1. The number of hydrogen-bond acceptors (Lipinski definition) is 7. The van der Waals surface area contributed by atoms with Crippen LogP contribution in [0.2, 0.25) is 5.02 Å². The Morgan fingerprint density at radius 2 is 1.97 bits per heavy atom. The molecule has 0 unspecified atom stereocenters. The van der Waals surface area contributed by atoms with Gasteiger partial charge in [0, 0.05) is 24.2 Å². The summed E-state index contributed by atoms with van der Waals surface area (Å²) in [5.41, 5.74) is 7.83. The van der Waals surface area contributed by atoms with Crippen molar-refractivity contribution in [2.24, 2.45) is 17.3 Å². The number of aliphatic hydroxyl groups excluding tert-OH is 1. The highest BCUT2D eigenvalue weighted by molar-refractivity contribution is 7.99. The van der Waals surface area contributed by atoms with E-state index in [2.05, 4.69) is 9.88 Å². The van der Waals surface area contributed by atoms with Gasteiger partial charge in [0.25, 0.3) is 0 Å². The maximum absolute atomic E-state index is 10.1. The molecule has 5 rings (SSSR count). The number of aliphatic hydroxyl groups is 1. The van der Waals surface area contributed by atoms with Gasteiger partial charge < -0.3 is 15.7 Å². The Morgan fingerprint density at radius 1 is 1.19 bits per heavy atom. The third-order valence-electron chi connectivity index (χ3n) is 7.61. The third kappa shape index (κ3) is 4.57. The van der Waals surface area contributed by atoms with Crippen LogP contribution in [0.4, 0.5) is 11.6 Å². The molecule has 32 heavy (non-hydrogen) atoms. The first-order valence-corrected chi connectivity index (χ1v) is 13.0. The van der Waals surface area contributed by atoms with Crippen molar-refractivity contribution in [3.63, 3.8) is 0 Å². The lowest BCUT2D eigenvalue weighted by molar-refractivity contribution is 0.213. The second kappa shape index (κ2) is 8.99. The van der Waals surface area contributed by atoms with Crippen molar-refractivity contribution in [3.05, 3.63) is 28.7 Å². The zero-order chi connectivity index (χ0) is 22.3. The number of pyridine rings is 1. The van der Waals surface area contributed by atoms with Gasteiger partial charge in [0.2, 0.25) is 0 Å². The van der Waals surface area contributed by atoms with E-state index in [4.69, 9.17) is 27.3 Å². The van der Waals surface area contributed by atoms with E-state index >= 15 is 0 Å². The predicted octanol–water partition coefficient (Wildman–Crippen LogP) is 5.25. The van der Waals surface area contributed by atoms with Crippen LogP contribution in [0.1, 0.15) is 62.8 Å². The quantitative estimate of drug-likeness (QED) is 0.592. The number of aryl methyl sites for hydroxylation is 1. The van der Waals surface area contributed by atoms with Gasteiger partial charge in [-0.3, -0.25) is 0 Å². The average Bonchev–Trinajstić information content (AvgIpc) is 3.53. The smallest absolute Gasteiger partial charge is 0.153 e. The number of nitrogens with two attached hydrogens (primary N) is 1. The van der Waals surface area contributed by atoms with E-state index in [1.807, 2.05) is 13.0 Å². The Kier molecular flexibility index (Phi) is 6.25. The fraction of sp³-hybridized carbons (Fsp3) is 0.625. The molecule has 3 heterocycles. The first-order chi connectivity index (χ1) is 15.5. The maximum Gasteiger partial charge on any atom is 0.153 e. The van der Waals surface area contributed by atoms with Crippen LogP contribution in [0.25, 0.3) is 0 Å². The highest BCUT2D eigenvalue weighted by Crippen LogP contribution is 2.52. The summed E-state index contributed by atoms with van der Waals surface area (Å²) in [6.45, 7) is 3.82. The highest BCUT2D eigenvalue weighted by atomic mass is 35.5. The number of rotatable bonds is 6. The van der Waals surface area contributed by atoms with Crippen LogP contribution in [0.3, 0.4) is 0 Å². The van der Waals surface area contributed by atoms with Crippen LogP contribution in [-0.2, 0) is 6.61 Å². The van der Waals surface area contributed by atoms with Crippen molar-refractivity contribution in [1.82, 2.24) is 15.0 Å². The highest BCUT2D eigenvalue weighted by Gasteiger charge is 2.43. The predicted molar refractivity (Wildman–Crippen MR) is 129 cm³/mol. The van der Waals surface area contributed by atoms with Gasteiger partial charge in [-0.2, -0.15) is 0 Å². The van der Waals surface area contributed by atoms with Gasteiger partial charge in [0.15, 0.2) is 5.82 Å². The molecule has 0 radical (unpaired) electrons. The van der Waals surface area contributed by atoms with Crippen LogP contribution in [-0.4, -0.2) is 33.1 Å². The maximum atomic E-state index is 10.1. The Hall–Kier alpha value is -1.57. The summed E-state index contributed by atoms with van der Waals surface area (Å²) in [6.07, 6.45) is 12.7. The van der Waals surface area contributed by atoms with Gasteiger partial charge in [-0.1, -0.05) is 36.2 Å². The van der Waals surface area contributed by atoms with Gasteiger partial charge in [0.1, 0.15) is 16.5 Å². The third-order valence-corrected chi connectivity index (χ3v) is 9.26. The van der Waals surface area contributed by atoms with Gasteiger partial charge in [0.05, 0.1) is 17.3 Å². The molecule has 1 saturated heterocycles. The van der Waals surface area contributed by atoms with Gasteiger partial charge >= 0.3 is 0 Å². The molecule has 3 fully saturated rings. The summed E-state index contributed by atoms with van der Waals surface area (Å²) in [5.74, 6) is 3.12. The van der Waals surface area contributed by atoms with Crippen molar-refractivity contribution in [3.8, 4) is 0 Å². The number of piperidine rings is 1. The van der Waals surface area contributed by atoms with E-state index in [1.54, 1.807) is 6.20 Å². The summed E-state index contributed by atoms with van der Waals surface area (Å²) in [4.78, 5) is 16.8. The summed E-state index contributed by atoms with van der Waals surface area (Å²) in [5, 5.41) is 11.2. The Balaban J connectivity index is 1.29. The summed E-state index contributed by atoms with van der Waals surface area (Å²) in [6, 6.07) is 1.82. The Labute approximate surface area is 199 Å². The number of anilines is 2. The van der Waals surface area contributed by atoms with Crippen LogP contribution in [0.15, 0.2) is 22.2 Å². The monoisotopic (exact) mass is 473 g/mol. The largest absolute Gasteiger partial charge is 0.390 e. The average molecular weight is 474 g/mol. The van der Waals surface area contributed by atoms with E-state index in [1.165, 1.54) is 63.1 Å². The van der Waals surface area contributed by atoms with Gasteiger partial charge in [-0.15, -0.1) is 0 Å². The molecule has 3 aliphatic rings. The molecule has 0 aromatic carbocycles. The van der Waals surface area contributed by atoms with Gasteiger partial charge in [-0.25, -0.2) is 15.0 Å². The number of nitrogens with zero attached hydrogens (tertiary/aromatic N) is 4. The zero-order valence-corrected chi connectivity index (χ0v) is 20.3. The Bertz CT molecular complexity index is 991. The fourth-order valence-corrected chi connectivity index (χ4v) is 6.71. The second-order valence-electron chi connectivity index (χ2n) is 9.93. The van der Waals surface area contributed by atoms with E-state index in [9.17, 15) is 5.11 Å². The van der Waals surface area contributed by atoms with Crippen molar-refractivity contribution in [2.75, 3.05) is 23.7 Å². The molecule has 172 valence electrons. The molecule has 0 bridgehead atoms. The zero-order valence-electron chi connectivity index (χ0n) is 18.7. The minimum Gasteiger partial charge on any atom is -0.390 e. The summed E-state index contributed by atoms with van der Waals surface area (Å²) < 4.78 is 0. The lowest BCUT2D eigenvalue weighted by Crippen LogP contribution is -2.40. The molecule has 8 heteroatoms. The van der Waals surface area contributed by atoms with Crippen molar-refractivity contribution < 1.29 is 5.11 Å². The first-order valence-electron chi connectivity index (χ1n) is 11.8. The molecule has 0 amide bonds. The molecular weight excluding hydrogens is 442 g/mol. The summed E-state index contributed by atoms with van der Waals surface area (Å²) in [7, 11) is 0. The number of aromatic nitrogens is 3. The van der Waals surface area contributed by atoms with Crippen LogP contribution >= 0.6 is 23.4 Å². The van der Waals surface area contributed by atoms with Crippen molar-refractivity contribution in [2.45, 2.75) is 74.8 Å². The molecule has 2 aliphatic carbocycles. The standard InChI is InChI=1S/C24H32ClN5OS/c1-15-23(32-19-5-9-27-21(26)20(19)25)29-18(14-31)22(28-15)30-10-7-24(8-11-30)6-4-17(13-24)12-16-2-3-16/h5,9,16-17,31H,2-4,6-8,10-14H2,1H3,(H2,26,27)/t17-/m1/s1. The molecule has 1 aliphatic heterocycles. The van der Waals surface area contributed by atoms with E-state index in [0.29, 0.717) is 21.9 Å². The molecule has 1 atom stereocenters. The minimum atomic E-state index is -0.131.